The predicted octanol–water partition coefficient (Wildman–Crippen LogP) is 2.04. The summed E-state index contributed by atoms with van der Waals surface area (Å²) in [6.45, 7) is -0.174. The Morgan fingerprint density at radius 1 is 1.41 bits per heavy atom. The van der Waals surface area contributed by atoms with E-state index in [9.17, 15) is 4.79 Å². The number of carboxylic acids is 1. The fourth-order valence-corrected chi connectivity index (χ4v) is 2.64. The molecule has 1 atom stereocenters. The number of aliphatic hydroxyl groups is 1. The zero-order valence-corrected chi connectivity index (χ0v) is 9.81. The second-order valence-electron chi connectivity index (χ2n) is 3.50. The van der Waals surface area contributed by atoms with Crippen molar-refractivity contribution >= 4 is 27.4 Å². The quantitative estimate of drug-likeness (QED) is 0.854. The molecule has 1 heterocycles. The number of thiophene rings is 1. The zero-order chi connectivity index (χ0) is 12.3. The molecular formula is C12H12O4S. The van der Waals surface area contributed by atoms with Gasteiger partial charge in [-0.3, -0.25) is 0 Å². The number of aliphatic carboxylic acids is 1. The number of fused-ring (bicyclic) bond motifs is 1. The molecular weight excluding hydrogens is 240 g/mol. The molecule has 0 saturated carbocycles. The molecule has 2 rings (SSSR count). The average molecular weight is 252 g/mol. The van der Waals surface area contributed by atoms with E-state index < -0.39 is 12.1 Å². The van der Waals surface area contributed by atoms with Gasteiger partial charge in [-0.05, 0) is 16.8 Å². The predicted molar refractivity (Wildman–Crippen MR) is 65.2 cm³/mol. The standard InChI is InChI=1S/C12H12O4S/c13-5-6-16-11(12(14)15)9-7-17-10-4-2-1-3-8(9)10/h1-4,7,11,13H,5-6H2,(H,14,15). The molecule has 2 N–H and O–H groups in total. The molecule has 1 unspecified atom stereocenters. The third kappa shape index (κ3) is 2.46. The molecule has 90 valence electrons. The lowest BCUT2D eigenvalue weighted by Gasteiger charge is -2.12. The molecule has 0 saturated heterocycles. The van der Waals surface area contributed by atoms with Crippen molar-refractivity contribution in [3.8, 4) is 0 Å². The molecule has 5 heteroatoms. The minimum absolute atomic E-state index is 0.0150. The number of carboxylic acid groups (broad SMARTS) is 1. The fourth-order valence-electron chi connectivity index (χ4n) is 1.67. The summed E-state index contributed by atoms with van der Waals surface area (Å²) in [4.78, 5) is 11.1. The van der Waals surface area contributed by atoms with Crippen LogP contribution in [0.4, 0.5) is 0 Å². The number of rotatable bonds is 5. The van der Waals surface area contributed by atoms with Crippen molar-refractivity contribution in [1.29, 1.82) is 0 Å². The van der Waals surface area contributed by atoms with Crippen LogP contribution in [-0.4, -0.2) is 29.4 Å². The Balaban J connectivity index is 2.38. The summed E-state index contributed by atoms with van der Waals surface area (Å²) in [6.07, 6.45) is -1.02. The van der Waals surface area contributed by atoms with Crippen molar-refractivity contribution < 1.29 is 19.7 Å². The van der Waals surface area contributed by atoms with Gasteiger partial charge in [0, 0.05) is 10.3 Å². The van der Waals surface area contributed by atoms with Crippen LogP contribution in [0.5, 0.6) is 0 Å². The molecule has 4 nitrogen and oxygen atoms in total. The highest BCUT2D eigenvalue weighted by molar-refractivity contribution is 7.17. The van der Waals surface area contributed by atoms with Gasteiger partial charge in [-0.1, -0.05) is 18.2 Å². The Hall–Kier alpha value is -1.43. The Kier molecular flexibility index (Phi) is 3.73. The van der Waals surface area contributed by atoms with Gasteiger partial charge in [0.25, 0.3) is 0 Å². The number of carbonyl (C=O) groups is 1. The van der Waals surface area contributed by atoms with Gasteiger partial charge in [-0.15, -0.1) is 11.3 Å². The number of hydrogen-bond acceptors (Lipinski definition) is 4. The molecule has 0 spiro atoms. The molecule has 0 radical (unpaired) electrons. The third-order valence-corrected chi connectivity index (χ3v) is 3.38. The van der Waals surface area contributed by atoms with Crippen molar-refractivity contribution in [2.45, 2.75) is 6.10 Å². The minimum atomic E-state index is -1.04. The lowest BCUT2D eigenvalue weighted by Crippen LogP contribution is -2.16. The topological polar surface area (TPSA) is 66.8 Å². The number of aliphatic hydroxyl groups excluding tert-OH is 1. The van der Waals surface area contributed by atoms with Gasteiger partial charge in [0.1, 0.15) is 0 Å². The fraction of sp³-hybridized carbons (Fsp3) is 0.250. The molecule has 0 bridgehead atoms. The summed E-state index contributed by atoms with van der Waals surface area (Å²) in [5.74, 6) is -1.04. The van der Waals surface area contributed by atoms with E-state index in [1.165, 1.54) is 11.3 Å². The minimum Gasteiger partial charge on any atom is -0.479 e. The van der Waals surface area contributed by atoms with Crippen LogP contribution in [0, 0.1) is 0 Å². The SMILES string of the molecule is O=C(O)C(OCCO)c1csc2ccccc12. The van der Waals surface area contributed by atoms with E-state index >= 15 is 0 Å². The average Bonchev–Trinajstić information content (AvgIpc) is 2.73. The van der Waals surface area contributed by atoms with E-state index in [1.54, 1.807) is 5.38 Å². The third-order valence-electron chi connectivity index (χ3n) is 2.39. The Labute approximate surface area is 102 Å². The molecule has 0 amide bonds. The summed E-state index contributed by atoms with van der Waals surface area (Å²) in [6, 6.07) is 7.59. The number of hydrogen-bond donors (Lipinski definition) is 2. The van der Waals surface area contributed by atoms with Gasteiger partial charge >= 0.3 is 5.97 Å². The summed E-state index contributed by atoms with van der Waals surface area (Å²) in [5, 5.41) is 20.5. The highest BCUT2D eigenvalue weighted by Gasteiger charge is 2.23. The van der Waals surface area contributed by atoms with Crippen molar-refractivity contribution in [1.82, 2.24) is 0 Å². The number of ether oxygens (including phenoxy) is 1. The van der Waals surface area contributed by atoms with Crippen LogP contribution < -0.4 is 0 Å². The van der Waals surface area contributed by atoms with Gasteiger partial charge in [0.15, 0.2) is 6.10 Å². The van der Waals surface area contributed by atoms with Crippen LogP contribution >= 0.6 is 11.3 Å². The summed E-state index contributed by atoms with van der Waals surface area (Å²) >= 11 is 1.49. The van der Waals surface area contributed by atoms with Crippen LogP contribution in [0.1, 0.15) is 11.7 Å². The number of benzene rings is 1. The summed E-state index contributed by atoms with van der Waals surface area (Å²) in [5.41, 5.74) is 0.645. The van der Waals surface area contributed by atoms with Gasteiger partial charge in [-0.2, -0.15) is 0 Å². The first-order chi connectivity index (χ1) is 8.24. The highest BCUT2D eigenvalue weighted by atomic mass is 32.1. The van der Waals surface area contributed by atoms with Gasteiger partial charge in [0.05, 0.1) is 13.2 Å². The van der Waals surface area contributed by atoms with E-state index in [2.05, 4.69) is 0 Å². The lowest BCUT2D eigenvalue weighted by molar-refractivity contribution is -0.151. The van der Waals surface area contributed by atoms with Crippen molar-refractivity contribution in [2.24, 2.45) is 0 Å². The molecule has 1 aromatic heterocycles. The van der Waals surface area contributed by atoms with Crippen LogP contribution in [0.2, 0.25) is 0 Å². The second-order valence-corrected chi connectivity index (χ2v) is 4.41. The van der Waals surface area contributed by atoms with Crippen molar-refractivity contribution in [3.05, 3.63) is 35.2 Å². The van der Waals surface area contributed by atoms with Crippen LogP contribution in [0.25, 0.3) is 10.1 Å². The lowest BCUT2D eigenvalue weighted by atomic mass is 10.1. The van der Waals surface area contributed by atoms with E-state index in [-0.39, 0.29) is 13.2 Å². The van der Waals surface area contributed by atoms with Crippen LogP contribution in [-0.2, 0) is 9.53 Å². The van der Waals surface area contributed by atoms with Gasteiger partial charge < -0.3 is 14.9 Å². The van der Waals surface area contributed by atoms with E-state index in [4.69, 9.17) is 14.9 Å². The summed E-state index contributed by atoms with van der Waals surface area (Å²) in [7, 11) is 0. The molecule has 2 aromatic rings. The Morgan fingerprint density at radius 2 is 2.18 bits per heavy atom. The van der Waals surface area contributed by atoms with E-state index in [1.807, 2.05) is 24.3 Å². The maximum absolute atomic E-state index is 11.1. The molecule has 1 aromatic carbocycles. The maximum Gasteiger partial charge on any atom is 0.337 e. The molecule has 17 heavy (non-hydrogen) atoms. The van der Waals surface area contributed by atoms with Crippen LogP contribution in [0.3, 0.4) is 0 Å². The largest absolute Gasteiger partial charge is 0.479 e. The van der Waals surface area contributed by atoms with E-state index in [0.717, 1.165) is 10.1 Å². The molecule has 0 aliphatic rings. The first-order valence-corrected chi connectivity index (χ1v) is 6.03. The monoisotopic (exact) mass is 252 g/mol. The van der Waals surface area contributed by atoms with Gasteiger partial charge in [-0.25, -0.2) is 4.79 Å². The summed E-state index contributed by atoms with van der Waals surface area (Å²) < 4.78 is 6.19. The molecule has 0 aliphatic heterocycles. The maximum atomic E-state index is 11.1. The zero-order valence-electron chi connectivity index (χ0n) is 9.00. The molecule has 0 fully saturated rings. The van der Waals surface area contributed by atoms with Gasteiger partial charge in [0.2, 0.25) is 0 Å². The Bertz CT molecular complexity index is 520. The van der Waals surface area contributed by atoms with E-state index in [0.29, 0.717) is 5.56 Å². The normalized spacial score (nSPS) is 12.8. The van der Waals surface area contributed by atoms with Crippen molar-refractivity contribution in [2.75, 3.05) is 13.2 Å². The second kappa shape index (κ2) is 5.27. The smallest absolute Gasteiger partial charge is 0.337 e. The first-order valence-electron chi connectivity index (χ1n) is 5.15. The molecule has 0 aliphatic carbocycles. The van der Waals surface area contributed by atoms with Crippen molar-refractivity contribution in [3.63, 3.8) is 0 Å². The first kappa shape index (κ1) is 12.0. The Morgan fingerprint density at radius 3 is 2.88 bits per heavy atom. The van der Waals surface area contributed by atoms with Crippen LogP contribution in [0.15, 0.2) is 29.6 Å². The highest BCUT2D eigenvalue weighted by Crippen LogP contribution is 2.32.